The number of aromatic nitrogens is 2. The van der Waals surface area contributed by atoms with Crippen molar-refractivity contribution in [3.8, 4) is 0 Å². The Labute approximate surface area is 90.8 Å². The van der Waals surface area contributed by atoms with Crippen LogP contribution in [0.3, 0.4) is 0 Å². The number of hydrogen-bond acceptors (Lipinski definition) is 4. The fraction of sp³-hybridized carbons (Fsp3) is 0.556. The van der Waals surface area contributed by atoms with Crippen LogP contribution in [0.15, 0.2) is 11.0 Å². The summed E-state index contributed by atoms with van der Waals surface area (Å²) < 4.78 is 5.04. The van der Waals surface area contributed by atoms with Crippen molar-refractivity contribution in [3.63, 3.8) is 0 Å². The maximum absolute atomic E-state index is 11.5. The van der Waals surface area contributed by atoms with Gasteiger partial charge in [-0.25, -0.2) is 4.79 Å². The number of ether oxygens (including phenoxy) is 1. The first-order chi connectivity index (χ1) is 7.59. The molecule has 0 spiro atoms. The molecule has 0 radical (unpaired) electrons. The van der Waals surface area contributed by atoms with Crippen molar-refractivity contribution >= 4 is 5.91 Å². The molecule has 0 saturated carbocycles. The van der Waals surface area contributed by atoms with Crippen molar-refractivity contribution in [2.45, 2.75) is 12.0 Å². The van der Waals surface area contributed by atoms with E-state index in [4.69, 9.17) is 4.74 Å². The monoisotopic (exact) mass is 227 g/mol. The van der Waals surface area contributed by atoms with Gasteiger partial charge < -0.3 is 25.1 Å². The standard InChI is InChI=1S/C9H13N3O4/c13-7(6-3-10-8(14)12-6)11-4-9(15)1-2-16-5-9/h3,15H,1-2,4-5H2,(H,11,13)(H2,10,12,14). The molecular weight excluding hydrogens is 214 g/mol. The smallest absolute Gasteiger partial charge is 0.323 e. The summed E-state index contributed by atoms with van der Waals surface area (Å²) in [6.07, 6.45) is 1.78. The zero-order chi connectivity index (χ0) is 11.6. The number of nitrogens with one attached hydrogen (secondary N) is 3. The predicted molar refractivity (Wildman–Crippen MR) is 54.1 cm³/mol. The summed E-state index contributed by atoms with van der Waals surface area (Å²) in [5, 5.41) is 12.4. The molecule has 0 aromatic carbocycles. The summed E-state index contributed by atoms with van der Waals surface area (Å²) in [6.45, 7) is 0.823. The van der Waals surface area contributed by atoms with E-state index < -0.39 is 17.2 Å². The number of rotatable bonds is 3. The molecule has 1 amide bonds. The summed E-state index contributed by atoms with van der Waals surface area (Å²) in [5.41, 5.74) is -1.28. The van der Waals surface area contributed by atoms with Crippen molar-refractivity contribution in [2.24, 2.45) is 0 Å². The number of aromatic amines is 2. The number of amides is 1. The van der Waals surface area contributed by atoms with Gasteiger partial charge in [-0.1, -0.05) is 0 Å². The molecule has 1 aromatic heterocycles. The second-order valence-electron chi connectivity index (χ2n) is 3.87. The fourth-order valence-electron chi connectivity index (χ4n) is 1.53. The molecule has 1 aliphatic heterocycles. The van der Waals surface area contributed by atoms with Crippen LogP contribution in [0.4, 0.5) is 0 Å². The number of carbonyl (C=O) groups excluding carboxylic acids is 1. The third-order valence-corrected chi connectivity index (χ3v) is 2.50. The van der Waals surface area contributed by atoms with Gasteiger partial charge in [-0.05, 0) is 0 Å². The highest BCUT2D eigenvalue weighted by Crippen LogP contribution is 2.16. The molecule has 16 heavy (non-hydrogen) atoms. The first-order valence-electron chi connectivity index (χ1n) is 4.95. The molecule has 2 rings (SSSR count). The lowest BCUT2D eigenvalue weighted by Crippen LogP contribution is -2.43. The van der Waals surface area contributed by atoms with E-state index in [1.165, 1.54) is 6.20 Å². The highest BCUT2D eigenvalue weighted by molar-refractivity contribution is 5.91. The summed E-state index contributed by atoms with van der Waals surface area (Å²) in [4.78, 5) is 26.9. The zero-order valence-electron chi connectivity index (χ0n) is 8.58. The minimum absolute atomic E-state index is 0.110. The second kappa shape index (κ2) is 4.11. The van der Waals surface area contributed by atoms with Gasteiger partial charge >= 0.3 is 5.69 Å². The van der Waals surface area contributed by atoms with Gasteiger partial charge in [-0.3, -0.25) is 4.79 Å². The second-order valence-corrected chi connectivity index (χ2v) is 3.87. The Morgan fingerprint density at radius 3 is 3.06 bits per heavy atom. The van der Waals surface area contributed by atoms with E-state index in [1.807, 2.05) is 0 Å². The topological polar surface area (TPSA) is 107 Å². The van der Waals surface area contributed by atoms with Gasteiger partial charge in [0.25, 0.3) is 5.91 Å². The Kier molecular flexibility index (Phi) is 2.80. The van der Waals surface area contributed by atoms with Crippen molar-refractivity contribution in [1.82, 2.24) is 15.3 Å². The quantitative estimate of drug-likeness (QED) is 0.508. The lowest BCUT2D eigenvalue weighted by atomic mass is 10.0. The Bertz CT molecular complexity index is 430. The maximum Gasteiger partial charge on any atom is 0.323 e. The predicted octanol–water partition coefficient (Wildman–Crippen LogP) is -1.42. The molecule has 1 saturated heterocycles. The van der Waals surface area contributed by atoms with E-state index in [-0.39, 0.29) is 18.8 Å². The third kappa shape index (κ3) is 2.31. The lowest BCUT2D eigenvalue weighted by molar-refractivity contribution is 0.0264. The molecular formula is C9H13N3O4. The summed E-state index contributed by atoms with van der Waals surface area (Å²) >= 11 is 0. The Morgan fingerprint density at radius 2 is 2.50 bits per heavy atom. The Balaban J connectivity index is 1.91. The number of H-pyrrole nitrogens is 2. The number of aliphatic hydroxyl groups is 1. The van der Waals surface area contributed by atoms with Crippen molar-refractivity contribution in [3.05, 3.63) is 22.4 Å². The van der Waals surface area contributed by atoms with Gasteiger partial charge in [0.1, 0.15) is 11.3 Å². The van der Waals surface area contributed by atoms with Gasteiger partial charge in [0, 0.05) is 25.8 Å². The van der Waals surface area contributed by atoms with E-state index in [1.54, 1.807) is 0 Å². The van der Waals surface area contributed by atoms with Gasteiger partial charge in [0.2, 0.25) is 0 Å². The fourth-order valence-corrected chi connectivity index (χ4v) is 1.53. The van der Waals surface area contributed by atoms with E-state index in [0.717, 1.165) is 0 Å². The van der Waals surface area contributed by atoms with Crippen LogP contribution < -0.4 is 11.0 Å². The average Bonchev–Trinajstić information content (AvgIpc) is 2.85. The van der Waals surface area contributed by atoms with Crippen LogP contribution in [0.5, 0.6) is 0 Å². The molecule has 1 fully saturated rings. The minimum Gasteiger partial charge on any atom is -0.386 e. The van der Waals surface area contributed by atoms with E-state index in [0.29, 0.717) is 13.0 Å². The minimum atomic E-state index is -0.994. The van der Waals surface area contributed by atoms with Crippen LogP contribution in [-0.4, -0.2) is 46.3 Å². The molecule has 0 aliphatic carbocycles. The van der Waals surface area contributed by atoms with Crippen LogP contribution in [0, 0.1) is 0 Å². The van der Waals surface area contributed by atoms with E-state index in [2.05, 4.69) is 15.3 Å². The third-order valence-electron chi connectivity index (χ3n) is 2.50. The number of imidazole rings is 1. The Morgan fingerprint density at radius 1 is 1.69 bits per heavy atom. The zero-order valence-corrected chi connectivity index (χ0v) is 8.58. The maximum atomic E-state index is 11.5. The largest absolute Gasteiger partial charge is 0.386 e. The lowest BCUT2D eigenvalue weighted by Gasteiger charge is -2.20. The normalized spacial score (nSPS) is 24.6. The molecule has 1 atom stereocenters. The van der Waals surface area contributed by atoms with Crippen LogP contribution in [-0.2, 0) is 4.74 Å². The van der Waals surface area contributed by atoms with Crippen LogP contribution in [0.1, 0.15) is 16.9 Å². The average molecular weight is 227 g/mol. The van der Waals surface area contributed by atoms with Gasteiger partial charge in [-0.15, -0.1) is 0 Å². The first-order valence-corrected chi connectivity index (χ1v) is 4.95. The van der Waals surface area contributed by atoms with Crippen LogP contribution >= 0.6 is 0 Å². The van der Waals surface area contributed by atoms with Gasteiger partial charge in [0.05, 0.1) is 6.61 Å². The SMILES string of the molecule is O=C(NCC1(O)CCOC1)c1c[nH]c(=O)[nH]1. The molecule has 1 aliphatic rings. The van der Waals surface area contributed by atoms with Crippen molar-refractivity contribution in [1.29, 1.82) is 0 Å². The highest BCUT2D eigenvalue weighted by Gasteiger charge is 2.32. The summed E-state index contributed by atoms with van der Waals surface area (Å²) in [5.74, 6) is -0.432. The summed E-state index contributed by atoms with van der Waals surface area (Å²) in [7, 11) is 0. The molecule has 1 unspecified atom stereocenters. The van der Waals surface area contributed by atoms with Gasteiger partial charge in [-0.2, -0.15) is 0 Å². The van der Waals surface area contributed by atoms with Crippen molar-refractivity contribution < 1.29 is 14.6 Å². The molecule has 7 heteroatoms. The van der Waals surface area contributed by atoms with E-state index >= 15 is 0 Å². The van der Waals surface area contributed by atoms with E-state index in [9.17, 15) is 14.7 Å². The van der Waals surface area contributed by atoms with Crippen molar-refractivity contribution in [2.75, 3.05) is 19.8 Å². The molecule has 2 heterocycles. The Hall–Kier alpha value is -1.60. The first kappa shape index (κ1) is 10.9. The molecule has 4 N–H and O–H groups in total. The summed E-state index contributed by atoms with van der Waals surface area (Å²) in [6, 6.07) is 0. The van der Waals surface area contributed by atoms with Gasteiger partial charge in [0.15, 0.2) is 0 Å². The molecule has 0 bridgehead atoms. The number of hydrogen-bond donors (Lipinski definition) is 4. The van der Waals surface area contributed by atoms with Crippen LogP contribution in [0.2, 0.25) is 0 Å². The molecule has 88 valence electrons. The number of carbonyl (C=O) groups is 1. The molecule has 7 nitrogen and oxygen atoms in total. The molecule has 1 aromatic rings. The highest BCUT2D eigenvalue weighted by atomic mass is 16.5. The van der Waals surface area contributed by atoms with Crippen LogP contribution in [0.25, 0.3) is 0 Å².